The molecular formula is C19H22N6OS. The highest BCUT2D eigenvalue weighted by molar-refractivity contribution is 7.98. The number of nitrogens with one attached hydrogen (secondary N) is 2. The maximum atomic E-state index is 12.5. The highest BCUT2D eigenvalue weighted by Gasteiger charge is 2.13. The van der Waals surface area contributed by atoms with E-state index in [4.69, 9.17) is 0 Å². The molecule has 8 heteroatoms. The lowest BCUT2D eigenvalue weighted by atomic mass is 10.2. The number of benzene rings is 2. The first-order valence-corrected chi connectivity index (χ1v) is 9.81. The summed E-state index contributed by atoms with van der Waals surface area (Å²) in [4.78, 5) is 13.4. The van der Waals surface area contributed by atoms with Crippen LogP contribution in [0.2, 0.25) is 0 Å². The van der Waals surface area contributed by atoms with Crippen molar-refractivity contribution in [2.24, 2.45) is 0 Å². The van der Waals surface area contributed by atoms with Crippen LogP contribution in [0.5, 0.6) is 0 Å². The van der Waals surface area contributed by atoms with Crippen molar-refractivity contribution in [1.29, 1.82) is 0 Å². The fraction of sp³-hybridized carbons (Fsp3) is 0.263. The number of amides is 1. The third-order valence-electron chi connectivity index (χ3n) is 3.86. The molecule has 0 aliphatic rings. The van der Waals surface area contributed by atoms with Gasteiger partial charge in [-0.3, -0.25) is 4.79 Å². The Morgan fingerprint density at radius 1 is 1.07 bits per heavy atom. The molecule has 0 saturated carbocycles. The minimum absolute atomic E-state index is 0.0707. The summed E-state index contributed by atoms with van der Waals surface area (Å²) >= 11 is 1.55. The number of aromatic nitrogens is 4. The van der Waals surface area contributed by atoms with Crippen LogP contribution in [0, 0.1) is 0 Å². The molecule has 1 aromatic heterocycles. The summed E-state index contributed by atoms with van der Waals surface area (Å²) in [7, 11) is 0. The smallest absolute Gasteiger partial charge is 0.252 e. The number of hydrogen-bond donors (Lipinski definition) is 2. The Morgan fingerprint density at radius 2 is 1.85 bits per heavy atom. The predicted octanol–water partition coefficient (Wildman–Crippen LogP) is 2.29. The normalized spacial score (nSPS) is 10.7. The van der Waals surface area contributed by atoms with Gasteiger partial charge in [0.25, 0.3) is 5.91 Å². The third-order valence-corrected chi connectivity index (χ3v) is 4.93. The zero-order valence-corrected chi connectivity index (χ0v) is 15.9. The molecule has 140 valence electrons. The molecule has 7 nitrogen and oxygen atoms in total. The summed E-state index contributed by atoms with van der Waals surface area (Å²) in [5.41, 5.74) is 1.57. The summed E-state index contributed by atoms with van der Waals surface area (Å²) < 4.78 is 1.71. The Labute approximate surface area is 162 Å². The molecule has 1 amide bonds. The molecule has 2 N–H and O–H groups in total. The molecular weight excluding hydrogens is 360 g/mol. The number of tetrazole rings is 1. The summed E-state index contributed by atoms with van der Waals surface area (Å²) in [5.74, 6) is 1.22. The molecule has 0 aliphatic heterocycles. The van der Waals surface area contributed by atoms with Crippen molar-refractivity contribution in [3.8, 4) is 5.69 Å². The first kappa shape index (κ1) is 19.1. The third kappa shape index (κ3) is 5.15. The van der Waals surface area contributed by atoms with E-state index in [1.807, 2.05) is 61.5 Å². The number of para-hydroxylation sites is 1. The number of likely N-dealkylation sites (N-methyl/N-ethyl adjacent to an activating group) is 1. The van der Waals surface area contributed by atoms with Crippen molar-refractivity contribution in [2.45, 2.75) is 17.6 Å². The molecule has 0 saturated heterocycles. The van der Waals surface area contributed by atoms with Gasteiger partial charge in [-0.2, -0.15) is 4.68 Å². The van der Waals surface area contributed by atoms with Gasteiger partial charge in [0.05, 0.1) is 17.0 Å². The van der Waals surface area contributed by atoms with Gasteiger partial charge in [0.2, 0.25) is 0 Å². The number of carbonyl (C=O) groups is 1. The summed E-state index contributed by atoms with van der Waals surface area (Å²) in [6, 6.07) is 17.3. The van der Waals surface area contributed by atoms with E-state index in [0.29, 0.717) is 17.9 Å². The lowest BCUT2D eigenvalue weighted by Crippen LogP contribution is -2.31. The van der Waals surface area contributed by atoms with Crippen LogP contribution in [0.4, 0.5) is 0 Å². The van der Waals surface area contributed by atoms with Gasteiger partial charge in [0.1, 0.15) is 0 Å². The topological polar surface area (TPSA) is 84.7 Å². The minimum Gasteiger partial charge on any atom is -0.351 e. The fourth-order valence-electron chi connectivity index (χ4n) is 2.52. The Kier molecular flexibility index (Phi) is 6.95. The van der Waals surface area contributed by atoms with Crippen LogP contribution in [0.3, 0.4) is 0 Å². The maximum absolute atomic E-state index is 12.5. The van der Waals surface area contributed by atoms with E-state index in [1.165, 1.54) is 0 Å². The van der Waals surface area contributed by atoms with E-state index < -0.39 is 0 Å². The molecule has 0 radical (unpaired) electrons. The second-order valence-corrected chi connectivity index (χ2v) is 6.75. The molecule has 2 aromatic carbocycles. The second kappa shape index (κ2) is 9.84. The largest absolute Gasteiger partial charge is 0.351 e. The lowest BCUT2D eigenvalue weighted by Gasteiger charge is -2.10. The molecule has 0 atom stereocenters. The maximum Gasteiger partial charge on any atom is 0.252 e. The van der Waals surface area contributed by atoms with Gasteiger partial charge in [-0.15, -0.1) is 16.9 Å². The molecule has 0 bridgehead atoms. The number of hydrogen-bond acceptors (Lipinski definition) is 6. The predicted molar refractivity (Wildman–Crippen MR) is 106 cm³/mol. The molecule has 3 rings (SSSR count). The quantitative estimate of drug-likeness (QED) is 0.436. The molecule has 0 spiro atoms. The van der Waals surface area contributed by atoms with Gasteiger partial charge in [0, 0.05) is 18.0 Å². The van der Waals surface area contributed by atoms with E-state index in [0.717, 1.165) is 29.5 Å². The first-order chi connectivity index (χ1) is 13.3. The van der Waals surface area contributed by atoms with Crippen molar-refractivity contribution in [1.82, 2.24) is 30.8 Å². The number of nitrogens with zero attached hydrogens (tertiary/aromatic N) is 4. The number of thioether (sulfide) groups is 1. The van der Waals surface area contributed by atoms with Crippen LogP contribution in [0.25, 0.3) is 5.69 Å². The average molecular weight is 382 g/mol. The van der Waals surface area contributed by atoms with E-state index in [2.05, 4.69) is 26.2 Å². The van der Waals surface area contributed by atoms with Gasteiger partial charge in [-0.25, -0.2) is 0 Å². The second-order valence-electron chi connectivity index (χ2n) is 5.74. The molecule has 0 fully saturated rings. The van der Waals surface area contributed by atoms with Crippen molar-refractivity contribution in [2.75, 3.05) is 19.6 Å². The Balaban J connectivity index is 1.67. The van der Waals surface area contributed by atoms with Crippen LogP contribution >= 0.6 is 11.8 Å². The molecule has 1 heterocycles. The van der Waals surface area contributed by atoms with E-state index >= 15 is 0 Å². The van der Waals surface area contributed by atoms with Gasteiger partial charge in [-0.1, -0.05) is 37.3 Å². The van der Waals surface area contributed by atoms with Gasteiger partial charge >= 0.3 is 0 Å². The van der Waals surface area contributed by atoms with E-state index in [1.54, 1.807) is 16.4 Å². The number of carbonyl (C=O) groups excluding carboxylic acids is 1. The highest BCUT2D eigenvalue weighted by Crippen LogP contribution is 2.26. The Morgan fingerprint density at radius 3 is 2.67 bits per heavy atom. The van der Waals surface area contributed by atoms with Crippen LogP contribution < -0.4 is 10.6 Å². The zero-order chi connectivity index (χ0) is 18.9. The van der Waals surface area contributed by atoms with E-state index in [9.17, 15) is 4.79 Å². The first-order valence-electron chi connectivity index (χ1n) is 8.83. The van der Waals surface area contributed by atoms with Crippen LogP contribution in [-0.2, 0) is 5.75 Å². The minimum atomic E-state index is -0.0707. The number of rotatable bonds is 9. The summed E-state index contributed by atoms with van der Waals surface area (Å²) in [6.07, 6.45) is 0. The van der Waals surface area contributed by atoms with Crippen LogP contribution in [-0.4, -0.2) is 45.7 Å². The Bertz CT molecular complexity index is 867. The van der Waals surface area contributed by atoms with Gasteiger partial charge < -0.3 is 10.6 Å². The highest BCUT2D eigenvalue weighted by atomic mass is 32.2. The van der Waals surface area contributed by atoms with Crippen molar-refractivity contribution in [3.63, 3.8) is 0 Å². The SMILES string of the molecule is CCNCCNC(=O)c1ccccc1SCc1nnnn1-c1ccccc1. The average Bonchev–Trinajstić information content (AvgIpc) is 3.19. The molecule has 0 aliphatic carbocycles. The zero-order valence-electron chi connectivity index (χ0n) is 15.1. The van der Waals surface area contributed by atoms with Crippen molar-refractivity contribution in [3.05, 3.63) is 66.0 Å². The van der Waals surface area contributed by atoms with Crippen molar-refractivity contribution < 1.29 is 4.79 Å². The van der Waals surface area contributed by atoms with Crippen LogP contribution in [0.15, 0.2) is 59.5 Å². The summed E-state index contributed by atoms with van der Waals surface area (Å²) in [5, 5.41) is 18.1. The van der Waals surface area contributed by atoms with Crippen molar-refractivity contribution >= 4 is 17.7 Å². The lowest BCUT2D eigenvalue weighted by molar-refractivity contribution is 0.0951. The van der Waals surface area contributed by atoms with E-state index in [-0.39, 0.29) is 5.91 Å². The molecule has 27 heavy (non-hydrogen) atoms. The fourth-order valence-corrected chi connectivity index (χ4v) is 3.48. The molecule has 3 aromatic rings. The summed E-state index contributed by atoms with van der Waals surface area (Å²) in [6.45, 7) is 4.27. The van der Waals surface area contributed by atoms with Gasteiger partial charge in [0.15, 0.2) is 5.82 Å². The standard InChI is InChI=1S/C19H22N6OS/c1-2-20-12-13-21-19(26)16-10-6-7-11-17(16)27-14-18-22-23-24-25(18)15-8-4-3-5-9-15/h3-11,20H,2,12-14H2,1H3,(H,21,26). The van der Waals surface area contributed by atoms with Gasteiger partial charge in [-0.05, 0) is 41.2 Å². The van der Waals surface area contributed by atoms with Crippen LogP contribution in [0.1, 0.15) is 23.1 Å². The Hall–Kier alpha value is -2.71. The monoisotopic (exact) mass is 382 g/mol. The molecule has 0 unspecified atom stereocenters.